The number of aryl methyl sites for hydroxylation is 1. The second-order valence-electron chi connectivity index (χ2n) is 5.19. The molecule has 0 unspecified atom stereocenters. The molecule has 0 fully saturated rings. The summed E-state index contributed by atoms with van der Waals surface area (Å²) in [5.74, 6) is 0.0356. The van der Waals surface area contributed by atoms with Crippen molar-refractivity contribution in [3.8, 4) is 6.07 Å². The zero-order chi connectivity index (χ0) is 15.8. The molecule has 2 rings (SSSR count). The van der Waals surface area contributed by atoms with Crippen LogP contribution in [0.1, 0.15) is 23.1 Å². The summed E-state index contributed by atoms with van der Waals surface area (Å²) in [7, 11) is 0. The number of amides is 1. The van der Waals surface area contributed by atoms with Crippen molar-refractivity contribution >= 4 is 5.91 Å². The van der Waals surface area contributed by atoms with E-state index in [1.807, 2.05) is 43.3 Å². The molecule has 1 aromatic heterocycles. The van der Waals surface area contributed by atoms with Crippen LogP contribution in [0.5, 0.6) is 0 Å². The van der Waals surface area contributed by atoms with Crippen LogP contribution in [-0.4, -0.2) is 22.3 Å². The van der Waals surface area contributed by atoms with E-state index in [-0.39, 0.29) is 5.91 Å². The van der Waals surface area contributed by atoms with Gasteiger partial charge in [0, 0.05) is 25.5 Å². The largest absolute Gasteiger partial charge is 0.337 e. The Hall–Kier alpha value is -2.67. The fourth-order valence-corrected chi connectivity index (χ4v) is 2.27. The zero-order valence-corrected chi connectivity index (χ0v) is 12.7. The summed E-state index contributed by atoms with van der Waals surface area (Å²) in [4.78, 5) is 18.4. The summed E-state index contributed by atoms with van der Waals surface area (Å²) in [6.07, 6.45) is 4.15. The number of rotatable bonds is 6. The minimum absolute atomic E-state index is 0.0356. The number of hydrogen-bond acceptors (Lipinski definition) is 3. The summed E-state index contributed by atoms with van der Waals surface area (Å²) in [6.45, 7) is 2.93. The quantitative estimate of drug-likeness (QED) is 0.823. The van der Waals surface area contributed by atoms with E-state index >= 15 is 0 Å². The molecule has 4 nitrogen and oxygen atoms in total. The summed E-state index contributed by atoms with van der Waals surface area (Å²) in [5, 5.41) is 8.80. The fourth-order valence-electron chi connectivity index (χ4n) is 2.27. The lowest BCUT2D eigenvalue weighted by Crippen LogP contribution is -2.32. The van der Waals surface area contributed by atoms with E-state index in [9.17, 15) is 4.79 Å². The van der Waals surface area contributed by atoms with Gasteiger partial charge < -0.3 is 4.90 Å². The van der Waals surface area contributed by atoms with Crippen LogP contribution >= 0.6 is 0 Å². The first-order valence-corrected chi connectivity index (χ1v) is 7.29. The highest BCUT2D eigenvalue weighted by Gasteiger charge is 2.15. The highest BCUT2D eigenvalue weighted by Crippen LogP contribution is 2.11. The van der Waals surface area contributed by atoms with Crippen LogP contribution in [0, 0.1) is 18.3 Å². The summed E-state index contributed by atoms with van der Waals surface area (Å²) in [6, 6.07) is 13.8. The SMILES string of the molecule is Cc1ccccc1CC(=O)N(CCC#N)Cc1cccnc1. The predicted molar refractivity (Wildman–Crippen MR) is 84.8 cm³/mol. The lowest BCUT2D eigenvalue weighted by molar-refractivity contribution is -0.131. The molecule has 22 heavy (non-hydrogen) atoms. The summed E-state index contributed by atoms with van der Waals surface area (Å²) < 4.78 is 0. The monoisotopic (exact) mass is 293 g/mol. The van der Waals surface area contributed by atoms with Gasteiger partial charge in [-0.2, -0.15) is 5.26 Å². The Bertz CT molecular complexity index is 662. The highest BCUT2D eigenvalue weighted by molar-refractivity contribution is 5.79. The van der Waals surface area contributed by atoms with Gasteiger partial charge in [0.25, 0.3) is 0 Å². The fraction of sp³-hybridized carbons (Fsp3) is 0.278. The van der Waals surface area contributed by atoms with E-state index in [4.69, 9.17) is 5.26 Å². The molecule has 1 aromatic carbocycles. The van der Waals surface area contributed by atoms with Gasteiger partial charge in [-0.3, -0.25) is 9.78 Å². The van der Waals surface area contributed by atoms with Crippen LogP contribution < -0.4 is 0 Å². The van der Waals surface area contributed by atoms with Crippen LogP contribution in [0.15, 0.2) is 48.8 Å². The van der Waals surface area contributed by atoms with Crippen molar-refractivity contribution in [3.05, 3.63) is 65.5 Å². The Kier molecular flexibility index (Phi) is 5.67. The van der Waals surface area contributed by atoms with Crippen molar-refractivity contribution in [3.63, 3.8) is 0 Å². The maximum atomic E-state index is 12.6. The molecule has 4 heteroatoms. The molecule has 0 aliphatic rings. The van der Waals surface area contributed by atoms with E-state index in [0.717, 1.165) is 16.7 Å². The Morgan fingerprint density at radius 1 is 1.27 bits per heavy atom. The van der Waals surface area contributed by atoms with E-state index in [1.54, 1.807) is 17.3 Å². The van der Waals surface area contributed by atoms with Crippen LogP contribution in [0.25, 0.3) is 0 Å². The third-order valence-corrected chi connectivity index (χ3v) is 3.55. The first-order valence-electron chi connectivity index (χ1n) is 7.29. The third-order valence-electron chi connectivity index (χ3n) is 3.55. The molecule has 0 aliphatic heterocycles. The van der Waals surface area contributed by atoms with Crippen molar-refractivity contribution in [1.82, 2.24) is 9.88 Å². The first kappa shape index (κ1) is 15.7. The molecular weight excluding hydrogens is 274 g/mol. The molecule has 1 heterocycles. The lowest BCUT2D eigenvalue weighted by Gasteiger charge is -2.22. The van der Waals surface area contributed by atoms with Gasteiger partial charge >= 0.3 is 0 Å². The standard InChI is InChI=1S/C18H19N3O/c1-15-6-2-3-8-17(15)12-18(22)21(11-5-9-19)14-16-7-4-10-20-13-16/h2-4,6-8,10,13H,5,11-12,14H2,1H3. The van der Waals surface area contributed by atoms with Crippen LogP contribution in [0.4, 0.5) is 0 Å². The van der Waals surface area contributed by atoms with Crippen molar-refractivity contribution < 1.29 is 4.79 Å². The molecule has 0 saturated carbocycles. The number of nitrogens with zero attached hydrogens (tertiary/aromatic N) is 3. The van der Waals surface area contributed by atoms with Gasteiger partial charge in [-0.15, -0.1) is 0 Å². The molecule has 0 saturated heterocycles. The second kappa shape index (κ2) is 7.94. The van der Waals surface area contributed by atoms with Crippen LogP contribution in [0.2, 0.25) is 0 Å². The maximum absolute atomic E-state index is 12.6. The van der Waals surface area contributed by atoms with Gasteiger partial charge in [0.2, 0.25) is 5.91 Å². The highest BCUT2D eigenvalue weighted by atomic mass is 16.2. The molecule has 2 aromatic rings. The molecule has 0 N–H and O–H groups in total. The number of carbonyl (C=O) groups excluding carboxylic acids is 1. The number of nitriles is 1. The van der Waals surface area contributed by atoms with Gasteiger partial charge in [-0.1, -0.05) is 30.3 Å². The molecule has 0 spiro atoms. The molecule has 0 bridgehead atoms. The topological polar surface area (TPSA) is 57.0 Å². The number of pyridine rings is 1. The zero-order valence-electron chi connectivity index (χ0n) is 12.7. The third kappa shape index (κ3) is 4.42. The number of benzene rings is 1. The summed E-state index contributed by atoms with van der Waals surface area (Å²) >= 11 is 0. The van der Waals surface area contributed by atoms with Crippen molar-refractivity contribution in [2.75, 3.05) is 6.54 Å². The van der Waals surface area contributed by atoms with Gasteiger partial charge in [0.05, 0.1) is 18.9 Å². The molecular formula is C18H19N3O. The first-order chi connectivity index (χ1) is 10.7. The van der Waals surface area contributed by atoms with Gasteiger partial charge in [-0.25, -0.2) is 0 Å². The van der Waals surface area contributed by atoms with E-state index in [0.29, 0.717) is 25.9 Å². The van der Waals surface area contributed by atoms with Crippen LogP contribution in [0.3, 0.4) is 0 Å². The van der Waals surface area contributed by atoms with E-state index in [1.165, 1.54) is 0 Å². The molecule has 1 amide bonds. The van der Waals surface area contributed by atoms with Crippen LogP contribution in [-0.2, 0) is 17.8 Å². The Labute approximate surface area is 131 Å². The average Bonchev–Trinajstić information content (AvgIpc) is 2.54. The molecule has 0 aliphatic carbocycles. The summed E-state index contributed by atoms with van der Waals surface area (Å²) in [5.41, 5.74) is 3.11. The Morgan fingerprint density at radius 3 is 2.77 bits per heavy atom. The van der Waals surface area contributed by atoms with Gasteiger partial charge in [0.1, 0.15) is 0 Å². The number of carbonyl (C=O) groups is 1. The van der Waals surface area contributed by atoms with Gasteiger partial charge in [0.15, 0.2) is 0 Å². The van der Waals surface area contributed by atoms with Gasteiger partial charge in [-0.05, 0) is 29.7 Å². The van der Waals surface area contributed by atoms with E-state index < -0.39 is 0 Å². The number of aromatic nitrogens is 1. The van der Waals surface area contributed by atoms with E-state index in [2.05, 4.69) is 11.1 Å². The average molecular weight is 293 g/mol. The minimum Gasteiger partial charge on any atom is -0.337 e. The van der Waals surface area contributed by atoms with Crippen molar-refractivity contribution in [2.24, 2.45) is 0 Å². The van der Waals surface area contributed by atoms with Crippen molar-refractivity contribution in [2.45, 2.75) is 26.3 Å². The predicted octanol–water partition coefficient (Wildman–Crippen LogP) is 2.88. The number of hydrogen-bond donors (Lipinski definition) is 0. The molecule has 112 valence electrons. The second-order valence-corrected chi connectivity index (χ2v) is 5.19. The normalized spacial score (nSPS) is 10.0. The maximum Gasteiger partial charge on any atom is 0.227 e. The smallest absolute Gasteiger partial charge is 0.227 e. The molecule has 0 atom stereocenters. The molecule has 0 radical (unpaired) electrons. The lowest BCUT2D eigenvalue weighted by atomic mass is 10.1. The Balaban J connectivity index is 2.09. The Morgan fingerprint density at radius 2 is 2.09 bits per heavy atom. The van der Waals surface area contributed by atoms with Crippen molar-refractivity contribution in [1.29, 1.82) is 5.26 Å². The minimum atomic E-state index is 0.0356.